The Morgan fingerprint density at radius 1 is 0.760 bits per heavy atom. The van der Waals surface area contributed by atoms with Crippen molar-refractivity contribution in [3.05, 3.63) is 46.0 Å². The van der Waals surface area contributed by atoms with Gasteiger partial charge in [-0.15, -0.1) is 0 Å². The number of hydrogen-bond donors (Lipinski definition) is 0. The Morgan fingerprint density at radius 3 is 1.44 bits per heavy atom. The molecule has 25 heavy (non-hydrogen) atoms. The van der Waals surface area contributed by atoms with Crippen molar-refractivity contribution in [2.24, 2.45) is 0 Å². The summed E-state index contributed by atoms with van der Waals surface area (Å²) in [5.74, 6) is -0.602. The van der Waals surface area contributed by atoms with Crippen molar-refractivity contribution in [2.45, 2.75) is 48.0 Å². The van der Waals surface area contributed by atoms with E-state index in [2.05, 4.69) is 9.97 Å². The fourth-order valence-corrected chi connectivity index (χ4v) is 2.75. The number of hydrogen-bond acceptors (Lipinski definition) is 6. The number of carbonyl (C=O) groups is 2. The van der Waals surface area contributed by atoms with Gasteiger partial charge in [-0.2, -0.15) is 0 Å². The van der Waals surface area contributed by atoms with Crippen molar-refractivity contribution >= 4 is 11.9 Å². The molecular formula is C19H22N2O4. The Kier molecular flexibility index (Phi) is 5.51. The lowest BCUT2D eigenvalue weighted by atomic mass is 10.2. The van der Waals surface area contributed by atoms with Crippen molar-refractivity contribution in [2.75, 3.05) is 0 Å². The van der Waals surface area contributed by atoms with Crippen molar-refractivity contribution in [1.82, 2.24) is 9.97 Å². The van der Waals surface area contributed by atoms with Crippen LogP contribution < -0.4 is 9.47 Å². The fourth-order valence-electron chi connectivity index (χ4n) is 2.75. The zero-order valence-electron chi connectivity index (χ0n) is 15.4. The van der Waals surface area contributed by atoms with E-state index in [9.17, 15) is 9.59 Å². The van der Waals surface area contributed by atoms with Gasteiger partial charge in [-0.25, -0.2) is 0 Å². The van der Waals surface area contributed by atoms with Crippen LogP contribution in [0.4, 0.5) is 0 Å². The average Bonchev–Trinajstić information content (AvgIpc) is 2.46. The quantitative estimate of drug-likeness (QED) is 0.627. The standard InChI is InChI=1S/C19H22N2O4/c1-10-7-12(3)20-14(5)18(10)24-16(22)9-17(23)25-19-11(2)8-13(4)21-15(19)6/h7-8H,9H2,1-6H3. The summed E-state index contributed by atoms with van der Waals surface area (Å²) in [5, 5.41) is 0. The van der Waals surface area contributed by atoms with Gasteiger partial charge in [0.15, 0.2) is 11.5 Å². The zero-order chi connectivity index (χ0) is 18.7. The largest absolute Gasteiger partial charge is 0.424 e. The first-order chi connectivity index (χ1) is 11.7. The van der Waals surface area contributed by atoms with E-state index in [0.717, 1.165) is 22.5 Å². The molecule has 0 aromatic carbocycles. The topological polar surface area (TPSA) is 78.4 Å². The minimum Gasteiger partial charge on any atom is -0.424 e. The molecule has 0 unspecified atom stereocenters. The molecule has 6 heteroatoms. The van der Waals surface area contributed by atoms with Crippen molar-refractivity contribution in [3.8, 4) is 11.5 Å². The number of carbonyl (C=O) groups excluding carboxylic acids is 2. The van der Waals surface area contributed by atoms with E-state index in [1.54, 1.807) is 13.8 Å². The number of ether oxygens (including phenoxy) is 2. The number of pyridine rings is 2. The van der Waals surface area contributed by atoms with Gasteiger partial charge in [0.1, 0.15) is 6.42 Å². The third-order valence-corrected chi connectivity index (χ3v) is 3.63. The monoisotopic (exact) mass is 342 g/mol. The molecule has 0 fully saturated rings. The summed E-state index contributed by atoms with van der Waals surface area (Å²) in [6.07, 6.45) is -0.487. The molecule has 0 aliphatic heterocycles. The average molecular weight is 342 g/mol. The predicted molar refractivity (Wildman–Crippen MR) is 92.8 cm³/mol. The molecular weight excluding hydrogens is 320 g/mol. The number of aryl methyl sites for hydroxylation is 6. The van der Waals surface area contributed by atoms with E-state index in [1.165, 1.54) is 0 Å². The number of rotatable bonds is 4. The van der Waals surface area contributed by atoms with Gasteiger partial charge < -0.3 is 9.47 Å². The first kappa shape index (κ1) is 18.6. The first-order valence-electron chi connectivity index (χ1n) is 7.98. The molecule has 0 spiro atoms. The van der Waals surface area contributed by atoms with Crippen LogP contribution in [-0.2, 0) is 9.59 Å². The summed E-state index contributed by atoms with van der Waals surface area (Å²) >= 11 is 0. The summed E-state index contributed by atoms with van der Waals surface area (Å²) in [6.45, 7) is 10.9. The lowest BCUT2D eigenvalue weighted by Gasteiger charge is -2.12. The van der Waals surface area contributed by atoms with Gasteiger partial charge >= 0.3 is 11.9 Å². The highest BCUT2D eigenvalue weighted by Gasteiger charge is 2.19. The predicted octanol–water partition coefficient (Wildman–Crippen LogP) is 3.23. The molecule has 132 valence electrons. The maximum absolute atomic E-state index is 12.1. The van der Waals surface area contributed by atoms with Gasteiger partial charge in [0.25, 0.3) is 0 Å². The van der Waals surface area contributed by atoms with Crippen LogP contribution in [0.2, 0.25) is 0 Å². The molecule has 0 bridgehead atoms. The van der Waals surface area contributed by atoms with Gasteiger partial charge in [-0.1, -0.05) is 0 Å². The van der Waals surface area contributed by atoms with Crippen LogP contribution in [0.15, 0.2) is 12.1 Å². The van der Waals surface area contributed by atoms with Gasteiger partial charge in [-0.3, -0.25) is 19.6 Å². The minimum atomic E-state index is -0.683. The summed E-state index contributed by atoms with van der Waals surface area (Å²) in [7, 11) is 0. The van der Waals surface area contributed by atoms with Gasteiger partial charge in [0.05, 0.1) is 11.4 Å². The smallest absolute Gasteiger partial charge is 0.322 e. The first-order valence-corrected chi connectivity index (χ1v) is 7.98. The third-order valence-electron chi connectivity index (χ3n) is 3.63. The SMILES string of the molecule is Cc1cc(C)c(OC(=O)CC(=O)Oc2c(C)cc(C)nc2C)c(C)n1. The molecule has 0 saturated carbocycles. The Hall–Kier alpha value is -2.76. The second-order valence-electron chi connectivity index (χ2n) is 6.12. The highest BCUT2D eigenvalue weighted by atomic mass is 16.6. The third kappa shape index (κ3) is 4.62. The molecule has 2 heterocycles. The van der Waals surface area contributed by atoms with Crippen LogP contribution in [-0.4, -0.2) is 21.9 Å². The molecule has 0 amide bonds. The van der Waals surface area contributed by atoms with E-state index in [1.807, 2.05) is 39.8 Å². The van der Waals surface area contributed by atoms with E-state index < -0.39 is 18.4 Å². The number of nitrogens with zero attached hydrogens (tertiary/aromatic N) is 2. The molecule has 2 aromatic rings. The molecule has 0 saturated heterocycles. The second-order valence-corrected chi connectivity index (χ2v) is 6.12. The van der Waals surface area contributed by atoms with E-state index in [0.29, 0.717) is 22.9 Å². The van der Waals surface area contributed by atoms with Gasteiger partial charge in [-0.05, 0) is 64.8 Å². The van der Waals surface area contributed by atoms with Crippen LogP contribution >= 0.6 is 0 Å². The van der Waals surface area contributed by atoms with Crippen LogP contribution in [0.1, 0.15) is 40.3 Å². The highest BCUT2D eigenvalue weighted by Crippen LogP contribution is 2.24. The fraction of sp³-hybridized carbons (Fsp3) is 0.368. The van der Waals surface area contributed by atoms with E-state index in [-0.39, 0.29) is 0 Å². The number of aromatic nitrogens is 2. The van der Waals surface area contributed by atoms with Crippen LogP contribution in [0.25, 0.3) is 0 Å². The van der Waals surface area contributed by atoms with Crippen molar-refractivity contribution in [3.63, 3.8) is 0 Å². The molecule has 0 N–H and O–H groups in total. The van der Waals surface area contributed by atoms with Crippen LogP contribution in [0.5, 0.6) is 11.5 Å². The Bertz CT molecular complexity index is 728. The zero-order valence-corrected chi connectivity index (χ0v) is 15.4. The van der Waals surface area contributed by atoms with Crippen LogP contribution in [0, 0.1) is 41.5 Å². The summed E-state index contributed by atoms with van der Waals surface area (Å²) < 4.78 is 10.6. The Balaban J connectivity index is 2.06. The summed E-state index contributed by atoms with van der Waals surface area (Å²) in [5.41, 5.74) is 4.48. The molecule has 0 aliphatic carbocycles. The molecule has 0 radical (unpaired) electrons. The lowest BCUT2D eigenvalue weighted by Crippen LogP contribution is -2.20. The van der Waals surface area contributed by atoms with Crippen LogP contribution in [0.3, 0.4) is 0 Å². The molecule has 2 aromatic heterocycles. The second kappa shape index (κ2) is 7.42. The number of esters is 2. The van der Waals surface area contributed by atoms with E-state index in [4.69, 9.17) is 9.47 Å². The highest BCUT2D eigenvalue weighted by molar-refractivity contribution is 5.93. The Morgan fingerprint density at radius 2 is 1.12 bits per heavy atom. The lowest BCUT2D eigenvalue weighted by molar-refractivity contribution is -0.144. The normalized spacial score (nSPS) is 10.5. The van der Waals surface area contributed by atoms with Gasteiger partial charge in [0.2, 0.25) is 0 Å². The molecule has 6 nitrogen and oxygen atoms in total. The summed E-state index contributed by atoms with van der Waals surface area (Å²) in [6, 6.07) is 3.64. The Labute approximate surface area is 147 Å². The molecule has 0 atom stereocenters. The van der Waals surface area contributed by atoms with E-state index >= 15 is 0 Å². The molecule has 2 rings (SSSR count). The molecule has 0 aliphatic rings. The summed E-state index contributed by atoms with van der Waals surface area (Å²) in [4.78, 5) is 32.6. The van der Waals surface area contributed by atoms with Crippen molar-refractivity contribution in [1.29, 1.82) is 0 Å². The van der Waals surface area contributed by atoms with Gasteiger partial charge in [0, 0.05) is 11.4 Å². The maximum atomic E-state index is 12.1. The maximum Gasteiger partial charge on any atom is 0.322 e. The van der Waals surface area contributed by atoms with Crippen molar-refractivity contribution < 1.29 is 19.1 Å². The minimum absolute atomic E-state index is 0.382.